The Morgan fingerprint density at radius 1 is 1.07 bits per heavy atom. The van der Waals surface area contributed by atoms with Gasteiger partial charge in [0.05, 0.1) is 18.8 Å². The summed E-state index contributed by atoms with van der Waals surface area (Å²) in [6.45, 7) is 3.79. The molecule has 0 amide bonds. The van der Waals surface area contributed by atoms with Crippen molar-refractivity contribution in [2.75, 3.05) is 12.8 Å². The first kappa shape index (κ1) is 19.4. The summed E-state index contributed by atoms with van der Waals surface area (Å²) in [7, 11) is 1.49. The number of pyridine rings is 2. The minimum atomic E-state index is -4.54. The Balaban J connectivity index is 1.84. The average molecular weight is 411 g/mol. The smallest absolute Gasteiger partial charge is 0.433 e. The molecule has 3 heterocycles. The lowest BCUT2D eigenvalue weighted by molar-refractivity contribution is -0.141. The number of anilines is 1. The van der Waals surface area contributed by atoms with Crippen molar-refractivity contribution >= 4 is 22.5 Å². The fraction of sp³-hybridized carbons (Fsp3) is 0.0952. The molecule has 0 aliphatic carbocycles. The number of nitrogens with two attached hydrogens (primary N) is 1. The van der Waals surface area contributed by atoms with Crippen molar-refractivity contribution in [3.8, 4) is 16.9 Å². The maximum absolute atomic E-state index is 13.1. The van der Waals surface area contributed by atoms with Crippen LogP contribution in [0.4, 0.5) is 19.0 Å². The van der Waals surface area contributed by atoms with Crippen LogP contribution >= 0.6 is 0 Å². The number of methoxy groups -OCH3 is 1. The number of alkyl halides is 3. The van der Waals surface area contributed by atoms with Gasteiger partial charge >= 0.3 is 6.18 Å². The molecular weight excluding hydrogens is 395 g/mol. The van der Waals surface area contributed by atoms with Crippen LogP contribution in [0.2, 0.25) is 0 Å². The SMILES string of the molecule is C=C(OC)c1cc(-c2ccc3cnn(-c4cccc(C(F)(F)F)n4)c3c2)cc(N)n1. The molecule has 0 unspecified atom stereocenters. The molecule has 6 nitrogen and oxygen atoms in total. The Kier molecular flexibility index (Phi) is 4.65. The normalized spacial score (nSPS) is 11.6. The van der Waals surface area contributed by atoms with Crippen LogP contribution in [0.25, 0.3) is 33.6 Å². The molecule has 9 heteroatoms. The maximum Gasteiger partial charge on any atom is 0.433 e. The zero-order valence-corrected chi connectivity index (χ0v) is 15.8. The van der Waals surface area contributed by atoms with E-state index in [1.54, 1.807) is 24.4 Å². The third kappa shape index (κ3) is 3.57. The maximum atomic E-state index is 13.1. The van der Waals surface area contributed by atoms with Crippen LogP contribution < -0.4 is 5.73 Å². The molecule has 152 valence electrons. The molecule has 0 saturated heterocycles. The van der Waals surface area contributed by atoms with Crippen LogP contribution in [-0.4, -0.2) is 26.9 Å². The zero-order valence-electron chi connectivity index (χ0n) is 15.8. The van der Waals surface area contributed by atoms with Gasteiger partial charge in [0.1, 0.15) is 23.0 Å². The number of aromatic nitrogens is 4. The molecule has 3 aromatic heterocycles. The number of fused-ring (bicyclic) bond motifs is 1. The molecule has 4 rings (SSSR count). The van der Waals surface area contributed by atoms with Crippen LogP contribution in [0.15, 0.2) is 61.3 Å². The van der Waals surface area contributed by atoms with Gasteiger partial charge in [-0.1, -0.05) is 24.8 Å². The summed E-state index contributed by atoms with van der Waals surface area (Å²) in [5.74, 6) is 0.719. The molecule has 0 saturated carbocycles. The van der Waals surface area contributed by atoms with Crippen LogP contribution in [0, 0.1) is 0 Å². The van der Waals surface area contributed by atoms with Crippen LogP contribution in [-0.2, 0) is 10.9 Å². The Bertz CT molecular complexity index is 1260. The van der Waals surface area contributed by atoms with Gasteiger partial charge in [-0.3, -0.25) is 0 Å². The first-order valence-corrected chi connectivity index (χ1v) is 8.80. The van der Waals surface area contributed by atoms with Gasteiger partial charge in [0, 0.05) is 5.39 Å². The number of ether oxygens (including phenoxy) is 1. The van der Waals surface area contributed by atoms with Gasteiger partial charge in [-0.25, -0.2) is 14.6 Å². The van der Waals surface area contributed by atoms with Gasteiger partial charge in [-0.05, 0) is 41.5 Å². The van der Waals surface area contributed by atoms with Crippen LogP contribution in [0.1, 0.15) is 11.4 Å². The Labute approximate surface area is 169 Å². The quantitative estimate of drug-likeness (QED) is 0.493. The van der Waals surface area contributed by atoms with Crippen molar-refractivity contribution in [3.05, 3.63) is 72.7 Å². The average Bonchev–Trinajstić information content (AvgIpc) is 3.15. The second kappa shape index (κ2) is 7.18. The summed E-state index contributed by atoms with van der Waals surface area (Å²) >= 11 is 0. The first-order valence-electron chi connectivity index (χ1n) is 8.80. The van der Waals surface area contributed by atoms with Crippen molar-refractivity contribution in [2.45, 2.75) is 6.18 Å². The molecule has 0 aliphatic heterocycles. The third-order valence-electron chi connectivity index (χ3n) is 4.52. The molecule has 30 heavy (non-hydrogen) atoms. The lowest BCUT2D eigenvalue weighted by Gasteiger charge is -2.10. The summed E-state index contributed by atoms with van der Waals surface area (Å²) in [6.07, 6.45) is -2.97. The Hall–Kier alpha value is -3.88. The summed E-state index contributed by atoms with van der Waals surface area (Å²) in [6, 6.07) is 12.6. The summed E-state index contributed by atoms with van der Waals surface area (Å²) in [5, 5.41) is 4.97. The summed E-state index contributed by atoms with van der Waals surface area (Å²) in [5.41, 5.74) is 7.55. The number of hydrogen-bond acceptors (Lipinski definition) is 5. The van der Waals surface area contributed by atoms with Crippen LogP contribution in [0.3, 0.4) is 0 Å². The van der Waals surface area contributed by atoms with Crippen molar-refractivity contribution in [1.29, 1.82) is 0 Å². The minimum Gasteiger partial charge on any atom is -0.495 e. The highest BCUT2D eigenvalue weighted by Crippen LogP contribution is 2.30. The van der Waals surface area contributed by atoms with Crippen LogP contribution in [0.5, 0.6) is 0 Å². The van der Waals surface area contributed by atoms with Crippen molar-refractivity contribution in [1.82, 2.24) is 19.7 Å². The molecule has 0 radical (unpaired) electrons. The van der Waals surface area contributed by atoms with Crippen molar-refractivity contribution in [2.24, 2.45) is 0 Å². The standard InChI is InChI=1S/C21H16F3N5O/c1-12(30-2)16-8-15(10-19(25)27-16)13-6-7-14-11-26-29(17(14)9-13)20-5-3-4-18(28-20)21(22,23)24/h3-11H,1H2,2H3,(H2,25,27). The molecular formula is C21H16F3N5O. The molecule has 0 bridgehead atoms. The number of halogens is 3. The van der Waals surface area contributed by atoms with E-state index in [4.69, 9.17) is 10.5 Å². The molecule has 2 N–H and O–H groups in total. The minimum absolute atomic E-state index is 0.0691. The fourth-order valence-electron chi connectivity index (χ4n) is 3.05. The number of hydrogen-bond donors (Lipinski definition) is 1. The number of nitrogen functional groups attached to an aromatic ring is 1. The largest absolute Gasteiger partial charge is 0.495 e. The van der Waals surface area contributed by atoms with E-state index in [2.05, 4.69) is 21.6 Å². The first-order chi connectivity index (χ1) is 14.3. The van der Waals surface area contributed by atoms with Gasteiger partial charge in [0.15, 0.2) is 5.82 Å². The van der Waals surface area contributed by atoms with Gasteiger partial charge in [-0.2, -0.15) is 18.3 Å². The topological polar surface area (TPSA) is 78.8 Å². The second-order valence-corrected chi connectivity index (χ2v) is 6.50. The number of benzene rings is 1. The zero-order chi connectivity index (χ0) is 21.5. The molecule has 0 atom stereocenters. The fourth-order valence-corrected chi connectivity index (χ4v) is 3.05. The molecule has 0 spiro atoms. The number of nitrogens with zero attached hydrogens (tertiary/aromatic N) is 4. The van der Waals surface area contributed by atoms with Gasteiger partial charge < -0.3 is 10.5 Å². The Morgan fingerprint density at radius 3 is 2.60 bits per heavy atom. The van der Waals surface area contributed by atoms with E-state index in [1.165, 1.54) is 23.9 Å². The highest BCUT2D eigenvalue weighted by Gasteiger charge is 2.32. The summed E-state index contributed by atoms with van der Waals surface area (Å²) < 4.78 is 45.7. The monoisotopic (exact) mass is 411 g/mol. The molecule has 0 aliphatic rings. The van der Waals surface area contributed by atoms with Gasteiger partial charge in [0.25, 0.3) is 0 Å². The highest BCUT2D eigenvalue weighted by molar-refractivity contribution is 5.86. The van der Waals surface area contributed by atoms with E-state index >= 15 is 0 Å². The van der Waals surface area contributed by atoms with E-state index in [9.17, 15) is 13.2 Å². The highest BCUT2D eigenvalue weighted by atomic mass is 19.4. The predicted octanol–water partition coefficient (Wildman–Crippen LogP) is 4.70. The number of rotatable bonds is 4. The van der Waals surface area contributed by atoms with E-state index < -0.39 is 11.9 Å². The van der Waals surface area contributed by atoms with Crippen molar-refractivity contribution in [3.63, 3.8) is 0 Å². The molecule has 4 aromatic rings. The third-order valence-corrected chi connectivity index (χ3v) is 4.52. The predicted molar refractivity (Wildman–Crippen MR) is 108 cm³/mol. The lowest BCUT2D eigenvalue weighted by atomic mass is 10.0. The molecule has 0 fully saturated rings. The summed E-state index contributed by atoms with van der Waals surface area (Å²) in [4.78, 5) is 7.92. The van der Waals surface area contributed by atoms with E-state index in [0.29, 0.717) is 17.0 Å². The Morgan fingerprint density at radius 2 is 1.87 bits per heavy atom. The molecule has 1 aromatic carbocycles. The van der Waals surface area contributed by atoms with Crippen molar-refractivity contribution < 1.29 is 17.9 Å². The van der Waals surface area contributed by atoms with E-state index in [1.807, 2.05) is 12.1 Å². The van der Waals surface area contributed by atoms with Gasteiger partial charge in [-0.15, -0.1) is 0 Å². The van der Waals surface area contributed by atoms with E-state index in [-0.39, 0.29) is 11.6 Å². The van der Waals surface area contributed by atoms with Gasteiger partial charge in [0.2, 0.25) is 0 Å². The van der Waals surface area contributed by atoms with E-state index in [0.717, 1.165) is 22.6 Å². The second-order valence-electron chi connectivity index (χ2n) is 6.50. The lowest BCUT2D eigenvalue weighted by Crippen LogP contribution is -2.10.